The molecule has 3 aliphatic heterocycles. The van der Waals surface area contributed by atoms with Crippen LogP contribution in [0.5, 0.6) is 0 Å². The van der Waals surface area contributed by atoms with Crippen LogP contribution in [0.1, 0.15) is 49.7 Å². The largest absolute Gasteiger partial charge is 0.351 e. The maximum Gasteiger partial charge on any atom is 0.246 e. The van der Waals surface area contributed by atoms with Gasteiger partial charge in [0, 0.05) is 32.0 Å². The van der Waals surface area contributed by atoms with Crippen LogP contribution in [0.25, 0.3) is 0 Å². The summed E-state index contributed by atoms with van der Waals surface area (Å²) in [6, 6.07) is 16.9. The monoisotopic (exact) mass is 516 g/mol. The number of piperidine rings is 1. The van der Waals surface area contributed by atoms with Crippen molar-refractivity contribution >= 4 is 23.6 Å². The molecule has 3 aliphatic rings. The molecule has 0 unspecified atom stereocenters. The van der Waals surface area contributed by atoms with Crippen molar-refractivity contribution in [1.82, 2.24) is 20.4 Å². The molecule has 0 spiro atoms. The van der Waals surface area contributed by atoms with Gasteiger partial charge >= 0.3 is 0 Å². The average Bonchev–Trinajstić information content (AvgIpc) is 3.42. The van der Waals surface area contributed by atoms with E-state index in [2.05, 4.69) is 10.6 Å². The summed E-state index contributed by atoms with van der Waals surface area (Å²) in [6.07, 6.45) is 4.43. The lowest BCUT2D eigenvalue weighted by Crippen LogP contribution is -2.58. The van der Waals surface area contributed by atoms with Crippen LogP contribution in [0.4, 0.5) is 0 Å². The first-order chi connectivity index (χ1) is 18.5. The Morgan fingerprint density at radius 3 is 1.97 bits per heavy atom. The number of hydrogen-bond acceptors (Lipinski definition) is 4. The van der Waals surface area contributed by atoms with Crippen molar-refractivity contribution in [3.8, 4) is 0 Å². The maximum absolute atomic E-state index is 13.9. The fourth-order valence-corrected chi connectivity index (χ4v) is 6.04. The third-order valence-electron chi connectivity index (χ3n) is 7.93. The Bertz CT molecular complexity index is 1160. The minimum absolute atomic E-state index is 0.0449. The molecule has 0 aromatic heterocycles. The number of fused-ring (bicyclic) bond motifs is 2. The quantitative estimate of drug-likeness (QED) is 0.651. The molecule has 2 N–H and O–H groups in total. The van der Waals surface area contributed by atoms with Crippen LogP contribution in [-0.4, -0.2) is 70.7 Å². The van der Waals surface area contributed by atoms with Crippen molar-refractivity contribution in [3.05, 3.63) is 71.8 Å². The summed E-state index contributed by atoms with van der Waals surface area (Å²) in [5.41, 5.74) is 1.94. The topological polar surface area (TPSA) is 98.8 Å². The summed E-state index contributed by atoms with van der Waals surface area (Å²) in [4.78, 5) is 57.9. The third kappa shape index (κ3) is 5.90. The molecule has 0 bridgehead atoms. The highest BCUT2D eigenvalue weighted by molar-refractivity contribution is 5.95. The average molecular weight is 517 g/mol. The summed E-state index contributed by atoms with van der Waals surface area (Å²) in [5, 5.41) is 6.07. The number of benzene rings is 2. The van der Waals surface area contributed by atoms with Gasteiger partial charge in [-0.15, -0.1) is 0 Å². The van der Waals surface area contributed by atoms with Crippen molar-refractivity contribution < 1.29 is 19.2 Å². The van der Waals surface area contributed by atoms with Crippen molar-refractivity contribution in [2.45, 2.75) is 75.5 Å². The minimum atomic E-state index is -0.788. The van der Waals surface area contributed by atoms with Gasteiger partial charge in [-0.05, 0) is 49.7 Å². The summed E-state index contributed by atoms with van der Waals surface area (Å²) in [6.45, 7) is 0.973. The van der Waals surface area contributed by atoms with Crippen molar-refractivity contribution in [1.29, 1.82) is 0 Å². The van der Waals surface area contributed by atoms with Crippen molar-refractivity contribution in [3.63, 3.8) is 0 Å². The normalized spacial score (nSPS) is 26.8. The van der Waals surface area contributed by atoms with Gasteiger partial charge in [-0.25, -0.2) is 0 Å². The fourth-order valence-electron chi connectivity index (χ4n) is 6.04. The molecule has 3 heterocycles. The van der Waals surface area contributed by atoms with Crippen molar-refractivity contribution in [2.24, 2.45) is 0 Å². The molecule has 4 atom stereocenters. The molecule has 0 radical (unpaired) electrons. The second-order valence-electron chi connectivity index (χ2n) is 10.6. The molecule has 4 amide bonds. The molecule has 0 saturated carbocycles. The molecule has 200 valence electrons. The standard InChI is InChI=1S/C30H36N4O4/c35-27-20-23(18-21-10-3-1-4-11-21)31-28(36)25-14-7-8-16-33(25)30(38)26-15-9-17-34(26)29(37)24(32-27)19-22-12-5-2-6-13-22/h1-6,10-13,23-26H,7-9,14-20H2,(H,31,36)(H,32,35)/t23-,24-,25-,26-/m0/s1. The summed E-state index contributed by atoms with van der Waals surface area (Å²) in [7, 11) is 0. The highest BCUT2D eigenvalue weighted by Gasteiger charge is 2.43. The molecular weight excluding hydrogens is 480 g/mol. The molecule has 0 aliphatic carbocycles. The highest BCUT2D eigenvalue weighted by atomic mass is 16.2. The van der Waals surface area contributed by atoms with Crippen LogP contribution in [-0.2, 0) is 32.0 Å². The van der Waals surface area contributed by atoms with Gasteiger partial charge in [-0.2, -0.15) is 0 Å². The lowest BCUT2D eigenvalue weighted by Gasteiger charge is -2.38. The first-order valence-electron chi connectivity index (χ1n) is 13.8. The lowest BCUT2D eigenvalue weighted by atomic mass is 9.98. The van der Waals surface area contributed by atoms with E-state index in [1.807, 2.05) is 60.7 Å². The van der Waals surface area contributed by atoms with Crippen LogP contribution in [0, 0.1) is 0 Å². The number of nitrogens with zero attached hydrogens (tertiary/aromatic N) is 2. The van der Waals surface area contributed by atoms with Crippen molar-refractivity contribution in [2.75, 3.05) is 13.1 Å². The zero-order valence-electron chi connectivity index (χ0n) is 21.7. The van der Waals surface area contributed by atoms with Crippen LogP contribution < -0.4 is 10.6 Å². The Morgan fingerprint density at radius 2 is 1.26 bits per heavy atom. The van der Waals surface area contributed by atoms with Gasteiger partial charge in [0.05, 0.1) is 0 Å². The second-order valence-corrected chi connectivity index (χ2v) is 10.6. The van der Waals surface area contributed by atoms with Crippen LogP contribution in [0.2, 0.25) is 0 Å². The Kier molecular flexibility index (Phi) is 8.05. The first kappa shape index (κ1) is 25.9. The highest BCUT2D eigenvalue weighted by Crippen LogP contribution is 2.26. The molecular formula is C30H36N4O4. The van der Waals surface area contributed by atoms with Gasteiger partial charge in [-0.1, -0.05) is 60.7 Å². The van der Waals surface area contributed by atoms with Crippen LogP contribution in [0.15, 0.2) is 60.7 Å². The lowest BCUT2D eigenvalue weighted by molar-refractivity contribution is -0.150. The number of nitrogens with one attached hydrogen (secondary N) is 2. The Labute approximate surface area is 223 Å². The number of carbonyl (C=O) groups is 4. The third-order valence-corrected chi connectivity index (χ3v) is 7.93. The van der Waals surface area contributed by atoms with Gasteiger partial charge < -0.3 is 20.4 Å². The van der Waals surface area contributed by atoms with E-state index in [-0.39, 0.29) is 30.0 Å². The molecule has 2 aromatic carbocycles. The first-order valence-corrected chi connectivity index (χ1v) is 13.8. The number of carbonyl (C=O) groups excluding carboxylic acids is 4. The number of amides is 4. The maximum atomic E-state index is 13.9. The molecule has 38 heavy (non-hydrogen) atoms. The Balaban J connectivity index is 1.48. The number of rotatable bonds is 4. The van der Waals surface area contributed by atoms with Gasteiger partial charge in [0.1, 0.15) is 18.1 Å². The van der Waals surface area contributed by atoms with E-state index in [9.17, 15) is 19.2 Å². The molecule has 3 saturated heterocycles. The van der Waals surface area contributed by atoms with Crippen LogP contribution in [0.3, 0.4) is 0 Å². The van der Waals surface area contributed by atoms with Gasteiger partial charge in [0.2, 0.25) is 23.6 Å². The van der Waals surface area contributed by atoms with Crippen LogP contribution >= 0.6 is 0 Å². The number of hydrogen-bond donors (Lipinski definition) is 2. The molecule has 3 fully saturated rings. The van der Waals surface area contributed by atoms with E-state index < -0.39 is 24.2 Å². The van der Waals surface area contributed by atoms with Gasteiger partial charge in [0.15, 0.2) is 0 Å². The molecule has 5 rings (SSSR count). The zero-order chi connectivity index (χ0) is 26.5. The summed E-state index contributed by atoms with van der Waals surface area (Å²) >= 11 is 0. The summed E-state index contributed by atoms with van der Waals surface area (Å²) < 4.78 is 0. The fraction of sp³-hybridized carbons (Fsp3) is 0.467. The van der Waals surface area contributed by atoms with E-state index in [1.54, 1.807) is 9.80 Å². The Morgan fingerprint density at radius 1 is 0.658 bits per heavy atom. The zero-order valence-corrected chi connectivity index (χ0v) is 21.7. The predicted molar refractivity (Wildman–Crippen MR) is 143 cm³/mol. The second kappa shape index (κ2) is 11.8. The summed E-state index contributed by atoms with van der Waals surface area (Å²) in [5.74, 6) is -0.894. The van der Waals surface area contributed by atoms with Gasteiger partial charge in [-0.3, -0.25) is 19.2 Å². The smallest absolute Gasteiger partial charge is 0.246 e. The molecule has 2 aromatic rings. The SMILES string of the molecule is O=C1C[C@H](Cc2ccccc2)NC(=O)[C@@H]2CCCCN2C(=O)[C@@H]2CCCN2C(=O)[C@H](Cc2ccccc2)N1. The molecule has 8 heteroatoms. The van der Waals surface area contributed by atoms with E-state index >= 15 is 0 Å². The van der Waals surface area contributed by atoms with E-state index in [1.165, 1.54) is 0 Å². The van der Waals surface area contributed by atoms with E-state index in [4.69, 9.17) is 0 Å². The predicted octanol–water partition coefficient (Wildman–Crippen LogP) is 2.22. The van der Waals surface area contributed by atoms with Gasteiger partial charge in [0.25, 0.3) is 0 Å². The minimum Gasteiger partial charge on any atom is -0.351 e. The Hall–Kier alpha value is -3.68. The van der Waals surface area contributed by atoms with E-state index in [0.29, 0.717) is 38.8 Å². The molecule has 8 nitrogen and oxygen atoms in total. The van der Waals surface area contributed by atoms with E-state index in [0.717, 1.165) is 30.4 Å².